The minimum absolute atomic E-state index is 0.0379. The number of fused-ring (bicyclic) bond motifs is 1. The molecule has 2 atom stereocenters. The summed E-state index contributed by atoms with van der Waals surface area (Å²) in [7, 11) is 0. The standard InChI is InChI=1S/C35H34ClFN4O4/c1-4-21-16-24-27(18-35(2,3)20-44-21)40-32-29(9-7-10-30(32)42)41(34(43)28-19-38-14-15-39-28)33(24)23-13-12-22(17-26(23)37)45-31-11-6-5-8-25(31)36/h5-15,17,19,21,33,40,42H,4,16,18,20H2,1-3H3. The molecule has 0 bridgehead atoms. The number of halogens is 2. The Morgan fingerprint density at radius 1 is 1.18 bits per heavy atom. The average molecular weight is 629 g/mol. The molecule has 0 saturated heterocycles. The molecule has 0 fully saturated rings. The first-order chi connectivity index (χ1) is 21.6. The number of hydrogen-bond acceptors (Lipinski definition) is 7. The number of nitrogens with one attached hydrogen (secondary N) is 1. The Morgan fingerprint density at radius 3 is 2.73 bits per heavy atom. The van der Waals surface area contributed by atoms with Crippen LogP contribution in [0.25, 0.3) is 0 Å². The SMILES string of the molecule is CCC1CC2=C(CC(C)(C)CO1)Nc1c(O)cccc1N(C(=O)c1cnccn1)C2c1ccc(Oc2ccccc2Cl)cc1F. The fraction of sp³-hybridized carbons (Fsp3) is 0.286. The molecule has 4 aromatic rings. The topological polar surface area (TPSA) is 96.8 Å². The molecule has 3 aromatic carbocycles. The van der Waals surface area contributed by atoms with Crippen molar-refractivity contribution >= 4 is 28.9 Å². The van der Waals surface area contributed by atoms with Crippen LogP contribution in [0.1, 0.15) is 62.1 Å². The number of rotatable bonds is 5. The quantitative estimate of drug-likeness (QED) is 0.214. The number of hydrogen-bond donors (Lipinski definition) is 2. The first kappa shape index (κ1) is 30.6. The lowest BCUT2D eigenvalue weighted by Crippen LogP contribution is -2.38. The molecule has 2 aliphatic rings. The van der Waals surface area contributed by atoms with Gasteiger partial charge in [-0.25, -0.2) is 9.37 Å². The van der Waals surface area contributed by atoms with Crippen LogP contribution in [0.5, 0.6) is 17.2 Å². The van der Waals surface area contributed by atoms with Crippen LogP contribution in [0, 0.1) is 11.2 Å². The first-order valence-corrected chi connectivity index (χ1v) is 15.3. The zero-order valence-electron chi connectivity index (χ0n) is 25.3. The number of nitrogens with zero attached hydrogens (tertiary/aromatic N) is 3. The fourth-order valence-electron chi connectivity index (χ4n) is 5.91. The number of ether oxygens (including phenoxy) is 2. The van der Waals surface area contributed by atoms with Crippen LogP contribution in [0.4, 0.5) is 15.8 Å². The molecule has 0 aliphatic carbocycles. The van der Waals surface area contributed by atoms with E-state index in [1.54, 1.807) is 54.6 Å². The number of aromatic hydroxyl groups is 1. The summed E-state index contributed by atoms with van der Waals surface area (Å²) in [5.41, 5.74) is 2.35. The molecule has 2 unspecified atom stereocenters. The number of phenols is 1. The molecule has 232 valence electrons. The molecule has 2 aliphatic heterocycles. The average Bonchev–Trinajstić information content (AvgIpc) is 3.14. The summed E-state index contributed by atoms with van der Waals surface area (Å²) in [5, 5.41) is 15.0. The van der Waals surface area contributed by atoms with Gasteiger partial charge in [-0.2, -0.15) is 0 Å². The second kappa shape index (κ2) is 12.5. The highest BCUT2D eigenvalue weighted by molar-refractivity contribution is 6.32. The van der Waals surface area contributed by atoms with Crippen LogP contribution >= 0.6 is 11.6 Å². The van der Waals surface area contributed by atoms with Gasteiger partial charge in [0.1, 0.15) is 34.4 Å². The molecule has 45 heavy (non-hydrogen) atoms. The lowest BCUT2D eigenvalue weighted by molar-refractivity contribution is -0.00345. The van der Waals surface area contributed by atoms with Crippen molar-refractivity contribution in [2.75, 3.05) is 16.8 Å². The normalized spacial score (nSPS) is 19.4. The Kier molecular flexibility index (Phi) is 8.48. The van der Waals surface area contributed by atoms with E-state index >= 15 is 4.39 Å². The number of aromatic nitrogens is 2. The Morgan fingerprint density at radius 2 is 2.00 bits per heavy atom. The van der Waals surface area contributed by atoms with E-state index in [0.29, 0.717) is 48.0 Å². The zero-order valence-corrected chi connectivity index (χ0v) is 26.0. The van der Waals surface area contributed by atoms with Gasteiger partial charge in [0.25, 0.3) is 5.91 Å². The van der Waals surface area contributed by atoms with Crippen molar-refractivity contribution in [3.63, 3.8) is 0 Å². The van der Waals surface area contributed by atoms with Crippen LogP contribution in [-0.4, -0.2) is 33.7 Å². The largest absolute Gasteiger partial charge is 0.506 e. The lowest BCUT2D eigenvalue weighted by Gasteiger charge is -2.37. The maximum atomic E-state index is 16.5. The molecular formula is C35H34ClFN4O4. The van der Waals surface area contributed by atoms with E-state index in [9.17, 15) is 9.90 Å². The molecule has 1 amide bonds. The number of para-hydroxylation sites is 2. The summed E-state index contributed by atoms with van der Waals surface area (Å²) in [6.45, 7) is 6.77. The van der Waals surface area contributed by atoms with E-state index in [0.717, 1.165) is 11.3 Å². The van der Waals surface area contributed by atoms with E-state index in [-0.39, 0.29) is 34.3 Å². The molecule has 10 heteroatoms. The molecular weight excluding hydrogens is 595 g/mol. The van der Waals surface area contributed by atoms with Crippen molar-refractivity contribution in [3.05, 3.63) is 113 Å². The third kappa shape index (κ3) is 6.23. The van der Waals surface area contributed by atoms with Gasteiger partial charge >= 0.3 is 0 Å². The van der Waals surface area contributed by atoms with Gasteiger partial charge in [-0.3, -0.25) is 14.7 Å². The van der Waals surface area contributed by atoms with Gasteiger partial charge < -0.3 is 19.9 Å². The van der Waals surface area contributed by atoms with Gasteiger partial charge in [-0.05, 0) is 66.6 Å². The Labute approximate surface area is 266 Å². The molecule has 3 heterocycles. The van der Waals surface area contributed by atoms with Crippen LogP contribution in [0.15, 0.2) is 90.5 Å². The molecule has 2 N–H and O–H groups in total. The van der Waals surface area contributed by atoms with Crippen molar-refractivity contribution in [3.8, 4) is 17.2 Å². The number of amides is 1. The van der Waals surface area contributed by atoms with E-state index < -0.39 is 17.8 Å². The van der Waals surface area contributed by atoms with Crippen molar-refractivity contribution < 1.29 is 23.8 Å². The number of benzene rings is 3. The predicted octanol–water partition coefficient (Wildman–Crippen LogP) is 8.45. The van der Waals surface area contributed by atoms with Crippen molar-refractivity contribution in [2.45, 2.75) is 52.2 Å². The summed E-state index contributed by atoms with van der Waals surface area (Å²) in [6, 6.07) is 15.6. The van der Waals surface area contributed by atoms with Crippen LogP contribution in [-0.2, 0) is 4.74 Å². The van der Waals surface area contributed by atoms with Gasteiger partial charge in [0.15, 0.2) is 0 Å². The molecule has 1 aromatic heterocycles. The summed E-state index contributed by atoms with van der Waals surface area (Å²) in [6.07, 6.45) is 5.78. The Bertz CT molecular complexity index is 1760. The highest BCUT2D eigenvalue weighted by atomic mass is 35.5. The monoisotopic (exact) mass is 628 g/mol. The lowest BCUT2D eigenvalue weighted by atomic mass is 9.82. The number of carbonyl (C=O) groups excluding carboxylic acids is 1. The minimum atomic E-state index is -0.925. The summed E-state index contributed by atoms with van der Waals surface area (Å²) >= 11 is 6.29. The molecule has 8 nitrogen and oxygen atoms in total. The van der Waals surface area contributed by atoms with Crippen LogP contribution in [0.2, 0.25) is 5.02 Å². The minimum Gasteiger partial charge on any atom is -0.506 e. The summed E-state index contributed by atoms with van der Waals surface area (Å²) in [4.78, 5) is 24.4. The maximum absolute atomic E-state index is 16.5. The fourth-order valence-corrected chi connectivity index (χ4v) is 6.09. The van der Waals surface area contributed by atoms with E-state index in [4.69, 9.17) is 21.1 Å². The van der Waals surface area contributed by atoms with Gasteiger partial charge in [0.05, 0.1) is 35.7 Å². The van der Waals surface area contributed by atoms with Crippen LogP contribution in [0.3, 0.4) is 0 Å². The predicted molar refractivity (Wildman–Crippen MR) is 171 cm³/mol. The number of anilines is 2. The molecule has 0 saturated carbocycles. The van der Waals surface area contributed by atoms with Crippen LogP contribution < -0.4 is 15.0 Å². The third-order valence-corrected chi connectivity index (χ3v) is 8.44. The summed E-state index contributed by atoms with van der Waals surface area (Å²) < 4.78 is 28.8. The van der Waals surface area contributed by atoms with Gasteiger partial charge in [0, 0.05) is 29.7 Å². The van der Waals surface area contributed by atoms with Crippen molar-refractivity contribution in [1.82, 2.24) is 9.97 Å². The molecule has 6 rings (SSSR count). The highest BCUT2D eigenvalue weighted by Crippen LogP contribution is 2.50. The number of carbonyl (C=O) groups is 1. The second-order valence-corrected chi connectivity index (χ2v) is 12.5. The molecule has 0 radical (unpaired) electrons. The third-order valence-electron chi connectivity index (χ3n) is 8.13. The summed E-state index contributed by atoms with van der Waals surface area (Å²) in [5.74, 6) is -0.467. The number of allylic oxidation sites excluding steroid dienone is 1. The van der Waals surface area contributed by atoms with E-state index in [1.807, 2.05) is 6.92 Å². The second-order valence-electron chi connectivity index (χ2n) is 12.1. The van der Waals surface area contributed by atoms with Crippen molar-refractivity contribution in [1.29, 1.82) is 0 Å². The Balaban J connectivity index is 1.58. The maximum Gasteiger partial charge on any atom is 0.279 e. The van der Waals surface area contributed by atoms with E-state index in [2.05, 4.69) is 29.1 Å². The number of phenolic OH excluding ortho intramolecular Hbond substituents is 1. The van der Waals surface area contributed by atoms with Gasteiger partial charge in [0.2, 0.25) is 0 Å². The van der Waals surface area contributed by atoms with Gasteiger partial charge in [-0.1, -0.05) is 50.6 Å². The van der Waals surface area contributed by atoms with Gasteiger partial charge in [-0.15, -0.1) is 0 Å². The highest BCUT2D eigenvalue weighted by Gasteiger charge is 2.41. The Hall–Kier alpha value is -4.47. The smallest absolute Gasteiger partial charge is 0.279 e. The molecule has 0 spiro atoms. The van der Waals surface area contributed by atoms with E-state index in [1.165, 1.54) is 29.6 Å². The first-order valence-electron chi connectivity index (χ1n) is 14.9. The van der Waals surface area contributed by atoms with Crippen molar-refractivity contribution in [2.24, 2.45) is 5.41 Å². The zero-order chi connectivity index (χ0) is 31.7.